The molecule has 1 heterocycles. The van der Waals surface area contributed by atoms with E-state index < -0.39 is 11.9 Å². The average Bonchev–Trinajstić information content (AvgIpc) is 3.09. The average molecular weight is 421 g/mol. The lowest BCUT2D eigenvalue weighted by Gasteiger charge is -2.10. The van der Waals surface area contributed by atoms with E-state index in [0.29, 0.717) is 12.1 Å². The Labute approximate surface area is 179 Å². The lowest BCUT2D eigenvalue weighted by molar-refractivity contribution is 0.0599. The lowest BCUT2D eigenvalue weighted by Crippen LogP contribution is -2.14. The van der Waals surface area contributed by atoms with Gasteiger partial charge < -0.3 is 14.8 Å². The number of anilines is 1. The van der Waals surface area contributed by atoms with Crippen LogP contribution in [-0.4, -0.2) is 41.8 Å². The number of aromatic nitrogens is 2. The molecule has 3 aromatic rings. The van der Waals surface area contributed by atoms with Gasteiger partial charge in [-0.15, -0.1) is 0 Å². The fourth-order valence-electron chi connectivity index (χ4n) is 3.14. The summed E-state index contributed by atoms with van der Waals surface area (Å²) in [5.41, 5.74) is 3.98. The van der Waals surface area contributed by atoms with Crippen molar-refractivity contribution in [3.63, 3.8) is 0 Å². The molecule has 1 amide bonds. The summed E-state index contributed by atoms with van der Waals surface area (Å²) < 4.78 is 11.3. The first-order chi connectivity index (χ1) is 14.8. The van der Waals surface area contributed by atoms with E-state index >= 15 is 0 Å². The number of carbonyl (C=O) groups is 3. The Balaban J connectivity index is 1.78. The summed E-state index contributed by atoms with van der Waals surface area (Å²) in [7, 11) is 2.47. The van der Waals surface area contributed by atoms with E-state index in [1.54, 1.807) is 12.1 Å². The van der Waals surface area contributed by atoms with Gasteiger partial charge in [-0.1, -0.05) is 12.1 Å². The molecule has 1 aromatic heterocycles. The molecule has 0 spiro atoms. The zero-order valence-corrected chi connectivity index (χ0v) is 17.8. The molecule has 0 atom stereocenters. The van der Waals surface area contributed by atoms with Crippen LogP contribution < -0.4 is 5.32 Å². The topological polar surface area (TPSA) is 99.5 Å². The molecule has 1 N–H and O–H groups in total. The monoisotopic (exact) mass is 421 g/mol. The van der Waals surface area contributed by atoms with Gasteiger partial charge >= 0.3 is 11.9 Å². The first-order valence-corrected chi connectivity index (χ1v) is 9.53. The van der Waals surface area contributed by atoms with E-state index in [9.17, 15) is 14.4 Å². The number of aryl methyl sites for hydroxylation is 2. The number of esters is 2. The Morgan fingerprint density at radius 2 is 1.45 bits per heavy atom. The van der Waals surface area contributed by atoms with Crippen molar-refractivity contribution >= 4 is 23.5 Å². The molecule has 160 valence electrons. The van der Waals surface area contributed by atoms with Gasteiger partial charge in [0.2, 0.25) is 0 Å². The van der Waals surface area contributed by atoms with Gasteiger partial charge in [-0.3, -0.25) is 9.48 Å². The third-order valence-corrected chi connectivity index (χ3v) is 4.68. The third kappa shape index (κ3) is 5.16. The highest BCUT2D eigenvalue weighted by Crippen LogP contribution is 2.18. The number of ether oxygens (including phenoxy) is 2. The Bertz CT molecular complexity index is 1100. The van der Waals surface area contributed by atoms with E-state index in [-0.39, 0.29) is 22.7 Å². The van der Waals surface area contributed by atoms with Gasteiger partial charge in [0.1, 0.15) is 0 Å². The van der Waals surface area contributed by atoms with Crippen molar-refractivity contribution in [1.82, 2.24) is 9.78 Å². The number of hydrogen-bond donors (Lipinski definition) is 1. The van der Waals surface area contributed by atoms with E-state index in [0.717, 1.165) is 17.0 Å². The molecule has 0 aliphatic heterocycles. The fraction of sp³-hybridized carbons (Fsp3) is 0.217. The van der Waals surface area contributed by atoms with E-state index in [1.807, 2.05) is 36.7 Å². The molecule has 8 heteroatoms. The molecule has 0 unspecified atom stereocenters. The van der Waals surface area contributed by atoms with Crippen LogP contribution in [-0.2, 0) is 16.0 Å². The second-order valence-corrected chi connectivity index (χ2v) is 7.02. The zero-order valence-electron chi connectivity index (χ0n) is 17.8. The van der Waals surface area contributed by atoms with Crippen LogP contribution in [0.5, 0.6) is 0 Å². The molecule has 0 bridgehead atoms. The van der Waals surface area contributed by atoms with Crippen molar-refractivity contribution in [2.24, 2.45) is 0 Å². The third-order valence-electron chi connectivity index (χ3n) is 4.68. The zero-order chi connectivity index (χ0) is 22.5. The van der Waals surface area contributed by atoms with E-state index in [4.69, 9.17) is 9.47 Å². The van der Waals surface area contributed by atoms with Gasteiger partial charge in [-0.05, 0) is 55.8 Å². The molecule has 8 nitrogen and oxygen atoms in total. The quantitative estimate of drug-likeness (QED) is 0.613. The molecule has 0 radical (unpaired) electrons. The minimum absolute atomic E-state index is 0.126. The van der Waals surface area contributed by atoms with Gasteiger partial charge in [0.05, 0.1) is 37.6 Å². The highest BCUT2D eigenvalue weighted by molar-refractivity contribution is 6.06. The van der Waals surface area contributed by atoms with E-state index in [2.05, 4.69) is 10.4 Å². The summed E-state index contributed by atoms with van der Waals surface area (Å²) in [6, 6.07) is 13.4. The number of hydrogen-bond acceptors (Lipinski definition) is 6. The Morgan fingerprint density at radius 3 is 1.94 bits per heavy atom. The number of benzene rings is 2. The number of nitrogens with one attached hydrogen (secondary N) is 1. The molecule has 2 aromatic carbocycles. The fourth-order valence-corrected chi connectivity index (χ4v) is 3.14. The highest BCUT2D eigenvalue weighted by Gasteiger charge is 2.15. The van der Waals surface area contributed by atoms with Crippen molar-refractivity contribution in [3.8, 4) is 0 Å². The molecule has 0 saturated carbocycles. The summed E-state index contributed by atoms with van der Waals surface area (Å²) in [6.07, 6.45) is 0. The normalized spacial score (nSPS) is 10.5. The number of carbonyl (C=O) groups excluding carboxylic acids is 3. The van der Waals surface area contributed by atoms with Crippen LogP contribution in [0.4, 0.5) is 5.69 Å². The molecule has 3 rings (SSSR count). The second kappa shape index (κ2) is 9.25. The number of nitrogens with zero attached hydrogens (tertiary/aromatic N) is 2. The maximum Gasteiger partial charge on any atom is 0.337 e. The Morgan fingerprint density at radius 1 is 0.871 bits per heavy atom. The second-order valence-electron chi connectivity index (χ2n) is 7.02. The molecule has 0 fully saturated rings. The molecule has 0 aliphatic carbocycles. The minimum atomic E-state index is -0.630. The molecule has 0 saturated heterocycles. The summed E-state index contributed by atoms with van der Waals surface area (Å²) >= 11 is 0. The van der Waals surface area contributed by atoms with Crippen LogP contribution in [0.15, 0.2) is 48.5 Å². The van der Waals surface area contributed by atoms with Gasteiger partial charge in [0, 0.05) is 16.9 Å². The summed E-state index contributed by atoms with van der Waals surface area (Å²) in [5, 5.41) is 7.15. The smallest absolute Gasteiger partial charge is 0.337 e. The SMILES string of the molecule is COC(=O)c1cc(NC(=O)c2ccc(Cn3nc(C)cc3C)cc2)cc(C(=O)OC)c1. The molecular formula is C23H23N3O5. The summed E-state index contributed by atoms with van der Waals surface area (Å²) in [4.78, 5) is 36.5. The number of methoxy groups -OCH3 is 2. The van der Waals surface area contributed by atoms with Gasteiger partial charge in [0.15, 0.2) is 0 Å². The van der Waals surface area contributed by atoms with Crippen LogP contribution in [0, 0.1) is 13.8 Å². The standard InChI is InChI=1S/C23H23N3O5/c1-14-9-15(2)26(25-14)13-16-5-7-17(8-6-16)21(27)24-20-11-18(22(28)30-3)10-19(12-20)23(29)31-4/h5-12H,13H2,1-4H3,(H,24,27). The van der Waals surface area contributed by atoms with Crippen molar-refractivity contribution < 1.29 is 23.9 Å². The van der Waals surface area contributed by atoms with E-state index in [1.165, 1.54) is 32.4 Å². The Hall–Kier alpha value is -3.94. The predicted octanol–water partition coefficient (Wildman–Crippen LogP) is 3.37. The maximum absolute atomic E-state index is 12.7. The van der Waals surface area contributed by atoms with Crippen molar-refractivity contribution in [2.45, 2.75) is 20.4 Å². The molecule has 0 aliphatic rings. The van der Waals surface area contributed by atoms with Crippen LogP contribution >= 0.6 is 0 Å². The number of amides is 1. The van der Waals surface area contributed by atoms with Crippen LogP contribution in [0.1, 0.15) is 48.0 Å². The van der Waals surface area contributed by atoms with Gasteiger partial charge in [0.25, 0.3) is 5.91 Å². The van der Waals surface area contributed by atoms with Crippen LogP contribution in [0.2, 0.25) is 0 Å². The maximum atomic E-state index is 12.7. The highest BCUT2D eigenvalue weighted by atomic mass is 16.5. The first kappa shape index (κ1) is 21.8. The van der Waals surface area contributed by atoms with Crippen molar-refractivity contribution in [2.75, 3.05) is 19.5 Å². The van der Waals surface area contributed by atoms with Crippen molar-refractivity contribution in [1.29, 1.82) is 0 Å². The minimum Gasteiger partial charge on any atom is -0.465 e. The number of rotatable bonds is 6. The summed E-state index contributed by atoms with van der Waals surface area (Å²) in [5.74, 6) is -1.64. The van der Waals surface area contributed by atoms with Crippen LogP contribution in [0.25, 0.3) is 0 Å². The predicted molar refractivity (Wildman–Crippen MR) is 114 cm³/mol. The Kier molecular flexibility index (Phi) is 6.49. The van der Waals surface area contributed by atoms with Crippen LogP contribution in [0.3, 0.4) is 0 Å². The van der Waals surface area contributed by atoms with Gasteiger partial charge in [-0.25, -0.2) is 9.59 Å². The van der Waals surface area contributed by atoms with Gasteiger partial charge in [-0.2, -0.15) is 5.10 Å². The van der Waals surface area contributed by atoms with Crippen molar-refractivity contribution in [3.05, 3.63) is 82.2 Å². The summed E-state index contributed by atoms with van der Waals surface area (Å²) in [6.45, 7) is 4.54. The molecule has 31 heavy (non-hydrogen) atoms. The first-order valence-electron chi connectivity index (χ1n) is 9.53. The largest absolute Gasteiger partial charge is 0.465 e. The molecular weight excluding hydrogens is 398 g/mol. The lowest BCUT2D eigenvalue weighted by atomic mass is 10.1.